The lowest BCUT2D eigenvalue weighted by Gasteiger charge is -2.02. The van der Waals surface area contributed by atoms with Crippen LogP contribution < -0.4 is 5.73 Å². The smallest absolute Gasteiger partial charge is 0.116 e. The summed E-state index contributed by atoms with van der Waals surface area (Å²) < 4.78 is 0. The largest absolute Gasteiger partial charge is 0.508 e. The van der Waals surface area contributed by atoms with Crippen molar-refractivity contribution < 1.29 is 5.11 Å². The Hall–Kier alpha value is -1.46. The van der Waals surface area contributed by atoms with Crippen molar-refractivity contribution in [1.82, 2.24) is 0 Å². The van der Waals surface area contributed by atoms with Crippen molar-refractivity contribution in [3.63, 3.8) is 0 Å². The van der Waals surface area contributed by atoms with Crippen molar-refractivity contribution in [1.29, 1.82) is 0 Å². The molecule has 0 aliphatic carbocycles. The molecule has 2 nitrogen and oxygen atoms in total. The number of rotatable bonds is 2. The van der Waals surface area contributed by atoms with Gasteiger partial charge in [0.2, 0.25) is 0 Å². The molecule has 0 unspecified atom stereocenters. The molecule has 0 saturated heterocycles. The van der Waals surface area contributed by atoms with E-state index >= 15 is 0 Å². The summed E-state index contributed by atoms with van der Waals surface area (Å²) in [6, 6.07) is 4.99. The molecular formula is C10H11NO. The molecule has 0 aliphatic rings. The number of hydrogen-bond acceptors (Lipinski definition) is 2. The van der Waals surface area contributed by atoms with Crippen LogP contribution in [-0.4, -0.2) is 11.7 Å². The fourth-order valence-corrected chi connectivity index (χ4v) is 1.07. The summed E-state index contributed by atoms with van der Waals surface area (Å²) in [5, 5.41) is 9.11. The molecule has 0 spiro atoms. The topological polar surface area (TPSA) is 46.2 Å². The van der Waals surface area contributed by atoms with Gasteiger partial charge < -0.3 is 10.8 Å². The summed E-state index contributed by atoms with van der Waals surface area (Å²) in [6.07, 6.45) is 6.00. The highest BCUT2D eigenvalue weighted by atomic mass is 16.3. The molecule has 0 aliphatic heterocycles. The van der Waals surface area contributed by atoms with E-state index in [2.05, 4.69) is 5.92 Å². The van der Waals surface area contributed by atoms with Gasteiger partial charge in [-0.25, -0.2) is 0 Å². The summed E-state index contributed by atoms with van der Waals surface area (Å²) in [6.45, 7) is 0.569. The van der Waals surface area contributed by atoms with E-state index in [9.17, 15) is 0 Å². The summed E-state index contributed by atoms with van der Waals surface area (Å²) in [7, 11) is 0. The molecule has 0 aromatic heterocycles. The molecule has 3 N–H and O–H groups in total. The maximum absolute atomic E-state index is 9.11. The van der Waals surface area contributed by atoms with Gasteiger partial charge in [0.15, 0.2) is 0 Å². The van der Waals surface area contributed by atoms with Gasteiger partial charge in [-0.2, -0.15) is 0 Å². The zero-order valence-corrected chi connectivity index (χ0v) is 6.75. The third-order valence-corrected chi connectivity index (χ3v) is 1.66. The number of hydrogen-bond donors (Lipinski definition) is 2. The van der Waals surface area contributed by atoms with Gasteiger partial charge in [-0.15, -0.1) is 6.42 Å². The first-order valence-electron chi connectivity index (χ1n) is 3.76. The minimum atomic E-state index is 0.198. The van der Waals surface area contributed by atoms with E-state index in [1.807, 2.05) is 0 Å². The molecule has 0 atom stereocenters. The molecule has 0 saturated carbocycles. The zero-order chi connectivity index (χ0) is 8.97. The number of nitrogens with two attached hydrogens (primary N) is 1. The third-order valence-electron chi connectivity index (χ3n) is 1.66. The Morgan fingerprint density at radius 1 is 1.50 bits per heavy atom. The highest BCUT2D eigenvalue weighted by Gasteiger charge is 1.99. The van der Waals surface area contributed by atoms with Crippen molar-refractivity contribution >= 4 is 0 Å². The number of benzene rings is 1. The first-order chi connectivity index (χ1) is 5.77. The van der Waals surface area contributed by atoms with Gasteiger partial charge in [0, 0.05) is 5.56 Å². The van der Waals surface area contributed by atoms with E-state index in [1.165, 1.54) is 0 Å². The van der Waals surface area contributed by atoms with Crippen molar-refractivity contribution in [2.45, 2.75) is 6.42 Å². The fourth-order valence-electron chi connectivity index (χ4n) is 1.07. The van der Waals surface area contributed by atoms with Crippen LogP contribution in [0.4, 0.5) is 0 Å². The predicted octanol–water partition coefficient (Wildman–Crippen LogP) is 0.875. The molecule has 1 aromatic rings. The monoisotopic (exact) mass is 161 g/mol. The molecule has 0 bridgehead atoms. The van der Waals surface area contributed by atoms with Crippen molar-refractivity contribution in [2.75, 3.05) is 6.54 Å². The van der Waals surface area contributed by atoms with Gasteiger partial charge in [0.05, 0.1) is 0 Å². The highest BCUT2D eigenvalue weighted by molar-refractivity contribution is 5.44. The molecule has 62 valence electrons. The van der Waals surface area contributed by atoms with Crippen LogP contribution in [-0.2, 0) is 6.42 Å². The van der Waals surface area contributed by atoms with E-state index in [4.69, 9.17) is 17.3 Å². The van der Waals surface area contributed by atoms with Crippen molar-refractivity contribution in [3.05, 3.63) is 29.3 Å². The molecular weight excluding hydrogens is 150 g/mol. The molecule has 0 fully saturated rings. The van der Waals surface area contributed by atoms with Crippen LogP contribution in [0.15, 0.2) is 18.2 Å². The third kappa shape index (κ3) is 1.77. The molecule has 0 amide bonds. The standard InChI is InChI=1S/C10H11NO/c1-2-8-7-10(12)4-3-9(8)5-6-11/h1,3-4,7,12H,5-6,11H2. The van der Waals surface area contributed by atoms with Crippen LogP contribution in [0, 0.1) is 12.3 Å². The second-order valence-corrected chi connectivity index (χ2v) is 2.52. The fraction of sp³-hybridized carbons (Fsp3) is 0.200. The van der Waals surface area contributed by atoms with Crippen LogP contribution >= 0.6 is 0 Å². The second-order valence-electron chi connectivity index (χ2n) is 2.52. The first kappa shape index (κ1) is 8.63. The number of aromatic hydroxyl groups is 1. The summed E-state index contributed by atoms with van der Waals surface area (Å²) in [5.74, 6) is 2.70. The van der Waals surface area contributed by atoms with Gasteiger partial charge in [-0.3, -0.25) is 0 Å². The molecule has 2 heteroatoms. The quantitative estimate of drug-likeness (QED) is 0.632. The summed E-state index contributed by atoms with van der Waals surface area (Å²) in [5.41, 5.74) is 7.13. The van der Waals surface area contributed by atoms with Gasteiger partial charge in [0.25, 0.3) is 0 Å². The van der Waals surface area contributed by atoms with Crippen molar-refractivity contribution in [2.24, 2.45) is 5.73 Å². The van der Waals surface area contributed by atoms with Gasteiger partial charge in [-0.05, 0) is 30.7 Å². The average molecular weight is 161 g/mol. The number of terminal acetylenes is 1. The first-order valence-corrected chi connectivity index (χ1v) is 3.76. The molecule has 0 radical (unpaired) electrons. The average Bonchev–Trinajstić information content (AvgIpc) is 2.08. The zero-order valence-electron chi connectivity index (χ0n) is 6.75. The Kier molecular flexibility index (Phi) is 2.73. The molecule has 12 heavy (non-hydrogen) atoms. The van der Waals surface area contributed by atoms with E-state index in [1.54, 1.807) is 18.2 Å². The predicted molar refractivity (Wildman–Crippen MR) is 48.8 cm³/mol. The summed E-state index contributed by atoms with van der Waals surface area (Å²) >= 11 is 0. The minimum absolute atomic E-state index is 0.198. The van der Waals surface area contributed by atoms with E-state index < -0.39 is 0 Å². The lowest BCUT2D eigenvalue weighted by atomic mass is 10.0. The maximum Gasteiger partial charge on any atom is 0.116 e. The number of phenols is 1. The lowest BCUT2D eigenvalue weighted by Crippen LogP contribution is -2.03. The van der Waals surface area contributed by atoms with Crippen LogP contribution in [0.5, 0.6) is 5.75 Å². The van der Waals surface area contributed by atoms with E-state index in [0.717, 1.165) is 17.5 Å². The van der Waals surface area contributed by atoms with Crippen LogP contribution in [0.3, 0.4) is 0 Å². The van der Waals surface area contributed by atoms with Gasteiger partial charge in [-0.1, -0.05) is 12.0 Å². The Labute approximate surface area is 72.0 Å². The van der Waals surface area contributed by atoms with Crippen LogP contribution in [0.2, 0.25) is 0 Å². The van der Waals surface area contributed by atoms with Crippen LogP contribution in [0.25, 0.3) is 0 Å². The Morgan fingerprint density at radius 2 is 2.25 bits per heavy atom. The van der Waals surface area contributed by atoms with Crippen molar-refractivity contribution in [3.8, 4) is 18.1 Å². The number of phenolic OH excluding ortho intramolecular Hbond substituents is 1. The lowest BCUT2D eigenvalue weighted by molar-refractivity contribution is 0.475. The second kappa shape index (κ2) is 3.80. The SMILES string of the molecule is C#Cc1cc(O)ccc1CCN. The Morgan fingerprint density at radius 3 is 2.83 bits per heavy atom. The maximum atomic E-state index is 9.11. The van der Waals surface area contributed by atoms with E-state index in [0.29, 0.717) is 6.54 Å². The molecule has 0 heterocycles. The highest BCUT2D eigenvalue weighted by Crippen LogP contribution is 2.15. The van der Waals surface area contributed by atoms with E-state index in [-0.39, 0.29) is 5.75 Å². The minimum Gasteiger partial charge on any atom is -0.508 e. The van der Waals surface area contributed by atoms with Gasteiger partial charge in [0.1, 0.15) is 5.75 Å². The molecule has 1 aromatic carbocycles. The Bertz CT molecular complexity index is 312. The van der Waals surface area contributed by atoms with Gasteiger partial charge >= 0.3 is 0 Å². The normalized spacial score (nSPS) is 9.33. The molecule has 1 rings (SSSR count). The van der Waals surface area contributed by atoms with Crippen LogP contribution in [0.1, 0.15) is 11.1 Å². The Balaban J connectivity index is 3.05. The summed E-state index contributed by atoms with van der Waals surface area (Å²) in [4.78, 5) is 0.